The maximum atomic E-state index is 12.3. The number of rotatable bonds is 4. The molecule has 0 atom stereocenters. The molecule has 0 aliphatic carbocycles. The molecule has 2 aromatic carbocycles. The van der Waals surface area contributed by atoms with Gasteiger partial charge in [-0.2, -0.15) is 0 Å². The standard InChI is InChI=1S/C15H16N2O2S/c1-19-13-9-10(7-8-12(13)16)17-15(18)11-5-3-4-6-14(11)20-2/h3-9H,16H2,1-2H3,(H,17,18). The van der Waals surface area contributed by atoms with E-state index in [1.807, 2.05) is 24.5 Å². The molecule has 0 fully saturated rings. The Hall–Kier alpha value is -2.14. The van der Waals surface area contributed by atoms with Gasteiger partial charge in [0, 0.05) is 16.6 Å². The minimum Gasteiger partial charge on any atom is -0.495 e. The normalized spacial score (nSPS) is 10.1. The number of anilines is 2. The van der Waals surface area contributed by atoms with Gasteiger partial charge in [0.2, 0.25) is 0 Å². The van der Waals surface area contributed by atoms with E-state index in [0.717, 1.165) is 4.90 Å². The summed E-state index contributed by atoms with van der Waals surface area (Å²) >= 11 is 1.54. The Balaban J connectivity index is 2.23. The molecule has 0 aliphatic heterocycles. The molecule has 1 amide bonds. The number of hydrogen-bond acceptors (Lipinski definition) is 4. The van der Waals surface area contributed by atoms with Crippen molar-refractivity contribution in [3.8, 4) is 5.75 Å². The number of amides is 1. The van der Waals surface area contributed by atoms with E-state index in [2.05, 4.69) is 5.32 Å². The molecule has 2 rings (SSSR count). The molecular weight excluding hydrogens is 272 g/mol. The van der Waals surface area contributed by atoms with Crippen molar-refractivity contribution in [2.45, 2.75) is 4.90 Å². The third kappa shape index (κ3) is 3.05. The topological polar surface area (TPSA) is 64.3 Å². The van der Waals surface area contributed by atoms with Gasteiger partial charge in [0.05, 0.1) is 18.4 Å². The lowest BCUT2D eigenvalue weighted by Crippen LogP contribution is -2.13. The van der Waals surface area contributed by atoms with E-state index in [-0.39, 0.29) is 5.91 Å². The van der Waals surface area contributed by atoms with Gasteiger partial charge in [-0.1, -0.05) is 12.1 Å². The summed E-state index contributed by atoms with van der Waals surface area (Å²) in [5, 5.41) is 2.85. The average Bonchev–Trinajstić information content (AvgIpc) is 2.49. The predicted molar refractivity (Wildman–Crippen MR) is 83.6 cm³/mol. The van der Waals surface area contributed by atoms with E-state index in [0.29, 0.717) is 22.7 Å². The zero-order chi connectivity index (χ0) is 14.5. The Morgan fingerprint density at radius 3 is 2.70 bits per heavy atom. The summed E-state index contributed by atoms with van der Waals surface area (Å²) in [5.41, 5.74) is 7.58. The molecule has 0 saturated heterocycles. The van der Waals surface area contributed by atoms with Gasteiger partial charge in [-0.3, -0.25) is 4.79 Å². The summed E-state index contributed by atoms with van der Waals surface area (Å²) in [6, 6.07) is 12.6. The first-order valence-electron chi connectivity index (χ1n) is 6.03. The largest absolute Gasteiger partial charge is 0.495 e. The fourth-order valence-corrected chi connectivity index (χ4v) is 2.41. The predicted octanol–water partition coefficient (Wildman–Crippen LogP) is 3.25. The van der Waals surface area contributed by atoms with Gasteiger partial charge < -0.3 is 15.8 Å². The maximum absolute atomic E-state index is 12.3. The van der Waals surface area contributed by atoms with Gasteiger partial charge in [-0.25, -0.2) is 0 Å². The summed E-state index contributed by atoms with van der Waals surface area (Å²) in [5.74, 6) is 0.391. The van der Waals surface area contributed by atoms with Gasteiger partial charge >= 0.3 is 0 Å². The number of carbonyl (C=O) groups is 1. The van der Waals surface area contributed by atoms with Gasteiger partial charge in [-0.05, 0) is 30.5 Å². The zero-order valence-electron chi connectivity index (χ0n) is 11.3. The van der Waals surface area contributed by atoms with Crippen molar-refractivity contribution in [1.82, 2.24) is 0 Å². The Labute approximate surface area is 122 Å². The van der Waals surface area contributed by atoms with Crippen LogP contribution in [0.5, 0.6) is 5.75 Å². The molecule has 0 aliphatic rings. The molecule has 2 aromatic rings. The van der Waals surface area contributed by atoms with Crippen molar-refractivity contribution in [3.63, 3.8) is 0 Å². The molecule has 0 heterocycles. The molecule has 0 radical (unpaired) electrons. The van der Waals surface area contributed by atoms with Crippen LogP contribution in [0.15, 0.2) is 47.4 Å². The number of nitrogens with two attached hydrogens (primary N) is 1. The van der Waals surface area contributed by atoms with E-state index in [1.165, 1.54) is 11.8 Å². The molecule has 0 spiro atoms. The quantitative estimate of drug-likeness (QED) is 0.669. The lowest BCUT2D eigenvalue weighted by atomic mass is 10.2. The summed E-state index contributed by atoms with van der Waals surface area (Å²) in [7, 11) is 1.54. The Kier molecular flexibility index (Phi) is 4.53. The Bertz CT molecular complexity index is 629. The molecule has 0 bridgehead atoms. The summed E-state index contributed by atoms with van der Waals surface area (Å²) in [6.07, 6.45) is 1.94. The van der Waals surface area contributed by atoms with Crippen molar-refractivity contribution in [3.05, 3.63) is 48.0 Å². The fraction of sp³-hybridized carbons (Fsp3) is 0.133. The van der Waals surface area contributed by atoms with Crippen LogP contribution in [0, 0.1) is 0 Å². The van der Waals surface area contributed by atoms with Crippen LogP contribution in [-0.4, -0.2) is 19.3 Å². The fourth-order valence-electron chi connectivity index (χ4n) is 1.82. The van der Waals surface area contributed by atoms with E-state index in [4.69, 9.17) is 10.5 Å². The van der Waals surface area contributed by atoms with Crippen molar-refractivity contribution in [1.29, 1.82) is 0 Å². The second-order valence-corrected chi connectivity index (χ2v) is 4.96. The number of carbonyl (C=O) groups excluding carboxylic acids is 1. The molecule has 0 unspecified atom stereocenters. The first-order chi connectivity index (χ1) is 9.65. The Morgan fingerprint density at radius 1 is 1.25 bits per heavy atom. The third-order valence-electron chi connectivity index (χ3n) is 2.84. The van der Waals surface area contributed by atoms with Gasteiger partial charge in [-0.15, -0.1) is 11.8 Å². The second kappa shape index (κ2) is 6.34. The number of hydrogen-bond donors (Lipinski definition) is 2. The smallest absolute Gasteiger partial charge is 0.256 e. The van der Waals surface area contributed by atoms with E-state index < -0.39 is 0 Å². The van der Waals surface area contributed by atoms with Gasteiger partial charge in [0.1, 0.15) is 5.75 Å². The molecule has 0 aromatic heterocycles. The molecular formula is C15H16N2O2S. The highest BCUT2D eigenvalue weighted by molar-refractivity contribution is 7.98. The molecule has 20 heavy (non-hydrogen) atoms. The maximum Gasteiger partial charge on any atom is 0.256 e. The summed E-state index contributed by atoms with van der Waals surface area (Å²) in [6.45, 7) is 0. The SMILES string of the molecule is COc1cc(NC(=O)c2ccccc2SC)ccc1N. The van der Waals surface area contributed by atoms with Crippen molar-refractivity contribution < 1.29 is 9.53 Å². The molecule has 3 N–H and O–H groups in total. The highest BCUT2D eigenvalue weighted by atomic mass is 32.2. The number of nitrogens with one attached hydrogen (secondary N) is 1. The van der Waals surface area contributed by atoms with Crippen LogP contribution >= 0.6 is 11.8 Å². The van der Waals surface area contributed by atoms with Crippen molar-refractivity contribution in [2.75, 3.05) is 24.4 Å². The minimum absolute atomic E-state index is 0.151. The van der Waals surface area contributed by atoms with E-state index >= 15 is 0 Å². The third-order valence-corrected chi connectivity index (χ3v) is 3.64. The monoisotopic (exact) mass is 288 g/mol. The van der Waals surface area contributed by atoms with Crippen molar-refractivity contribution >= 4 is 29.0 Å². The van der Waals surface area contributed by atoms with Crippen LogP contribution in [-0.2, 0) is 0 Å². The van der Waals surface area contributed by atoms with Crippen LogP contribution in [0.25, 0.3) is 0 Å². The first kappa shape index (κ1) is 14.3. The first-order valence-corrected chi connectivity index (χ1v) is 7.26. The molecule has 104 valence electrons. The van der Waals surface area contributed by atoms with Gasteiger partial charge in [0.15, 0.2) is 0 Å². The van der Waals surface area contributed by atoms with Crippen LogP contribution in [0.4, 0.5) is 11.4 Å². The van der Waals surface area contributed by atoms with E-state index in [1.54, 1.807) is 31.4 Å². The Morgan fingerprint density at radius 2 is 2.00 bits per heavy atom. The second-order valence-electron chi connectivity index (χ2n) is 4.11. The molecule has 5 heteroatoms. The lowest BCUT2D eigenvalue weighted by Gasteiger charge is -2.10. The number of thioether (sulfide) groups is 1. The summed E-state index contributed by atoms with van der Waals surface area (Å²) in [4.78, 5) is 13.2. The van der Waals surface area contributed by atoms with Crippen LogP contribution in [0.3, 0.4) is 0 Å². The van der Waals surface area contributed by atoms with Crippen LogP contribution in [0.2, 0.25) is 0 Å². The number of benzene rings is 2. The average molecular weight is 288 g/mol. The molecule has 0 saturated carbocycles. The van der Waals surface area contributed by atoms with Gasteiger partial charge in [0.25, 0.3) is 5.91 Å². The molecule has 4 nitrogen and oxygen atoms in total. The zero-order valence-corrected chi connectivity index (χ0v) is 12.2. The lowest BCUT2D eigenvalue weighted by molar-refractivity contribution is 0.102. The van der Waals surface area contributed by atoms with Crippen LogP contribution < -0.4 is 15.8 Å². The van der Waals surface area contributed by atoms with E-state index in [9.17, 15) is 4.79 Å². The van der Waals surface area contributed by atoms with Crippen molar-refractivity contribution in [2.24, 2.45) is 0 Å². The minimum atomic E-state index is -0.151. The van der Waals surface area contributed by atoms with Crippen LogP contribution in [0.1, 0.15) is 10.4 Å². The highest BCUT2D eigenvalue weighted by Gasteiger charge is 2.11. The number of ether oxygens (including phenoxy) is 1. The number of nitrogen functional groups attached to an aromatic ring is 1. The summed E-state index contributed by atoms with van der Waals surface area (Å²) < 4.78 is 5.14. The number of methoxy groups -OCH3 is 1. The highest BCUT2D eigenvalue weighted by Crippen LogP contribution is 2.26.